The number of nitrogens with one attached hydrogen (secondary N) is 1. The zero-order valence-electron chi connectivity index (χ0n) is 15.0. The van der Waals surface area contributed by atoms with E-state index in [1.54, 1.807) is 12.1 Å². The normalized spacial score (nSPS) is 11.6. The van der Waals surface area contributed by atoms with Gasteiger partial charge < -0.3 is 9.40 Å². The number of sulfonamides is 1. The lowest BCUT2D eigenvalue weighted by molar-refractivity contribution is 0.504. The van der Waals surface area contributed by atoms with Crippen LogP contribution < -0.4 is 5.14 Å². The van der Waals surface area contributed by atoms with Crippen molar-refractivity contribution < 1.29 is 12.8 Å². The predicted molar refractivity (Wildman–Crippen MR) is 107 cm³/mol. The maximum absolute atomic E-state index is 11.5. The van der Waals surface area contributed by atoms with Crippen LogP contribution in [0.3, 0.4) is 0 Å². The molecule has 0 saturated carbocycles. The van der Waals surface area contributed by atoms with Gasteiger partial charge in [-0.15, -0.1) is 0 Å². The van der Waals surface area contributed by atoms with E-state index in [1.165, 1.54) is 12.1 Å². The molecular weight excluding hydrogens is 374 g/mol. The third kappa shape index (κ3) is 3.90. The van der Waals surface area contributed by atoms with Crippen molar-refractivity contribution in [1.29, 1.82) is 0 Å². The fourth-order valence-corrected chi connectivity index (χ4v) is 3.53. The summed E-state index contributed by atoms with van der Waals surface area (Å²) in [5, 5.41) is 5.19. The SMILES string of the molecule is NS(=O)(=O)c1ccc(-c2oc(CCc3ccc[nH]3)nc2-c2ccccc2)cc1. The van der Waals surface area contributed by atoms with Gasteiger partial charge in [0.05, 0.1) is 4.90 Å². The molecular formula is C21H19N3O3S. The Hall–Kier alpha value is -3.16. The molecule has 4 aromatic rings. The second-order valence-electron chi connectivity index (χ2n) is 6.42. The van der Waals surface area contributed by atoms with Crippen molar-refractivity contribution >= 4 is 10.0 Å². The Morgan fingerprint density at radius 3 is 2.29 bits per heavy atom. The number of nitrogens with zero attached hydrogens (tertiary/aromatic N) is 1. The predicted octanol–water partition coefficient (Wildman–Crippen LogP) is 3.77. The largest absolute Gasteiger partial charge is 0.440 e. The van der Waals surface area contributed by atoms with Crippen LogP contribution >= 0.6 is 0 Å². The Balaban J connectivity index is 1.72. The number of hydrogen-bond donors (Lipinski definition) is 2. The monoisotopic (exact) mass is 393 g/mol. The van der Waals surface area contributed by atoms with Gasteiger partial charge >= 0.3 is 0 Å². The van der Waals surface area contributed by atoms with Gasteiger partial charge in [0.25, 0.3) is 0 Å². The molecule has 0 unspecified atom stereocenters. The summed E-state index contributed by atoms with van der Waals surface area (Å²) in [5.74, 6) is 1.23. The lowest BCUT2D eigenvalue weighted by Gasteiger charge is -2.03. The number of benzene rings is 2. The van der Waals surface area contributed by atoms with E-state index in [9.17, 15) is 8.42 Å². The molecule has 0 aliphatic carbocycles. The summed E-state index contributed by atoms with van der Waals surface area (Å²) in [6, 6.07) is 20.0. The molecule has 28 heavy (non-hydrogen) atoms. The van der Waals surface area contributed by atoms with Crippen LogP contribution in [0, 0.1) is 0 Å². The van der Waals surface area contributed by atoms with E-state index >= 15 is 0 Å². The third-order valence-corrected chi connectivity index (χ3v) is 5.36. The molecule has 2 aromatic heterocycles. The van der Waals surface area contributed by atoms with Crippen LogP contribution in [0.1, 0.15) is 11.6 Å². The standard InChI is InChI=1S/C21H19N3O3S/c22-28(25,26)18-11-8-16(9-12-18)21-20(15-5-2-1-3-6-15)24-19(27-21)13-10-17-7-4-14-23-17/h1-9,11-12,14,23H,10,13H2,(H2,22,25,26). The topological polar surface area (TPSA) is 102 Å². The Kier molecular flexibility index (Phi) is 4.85. The summed E-state index contributed by atoms with van der Waals surface area (Å²) < 4.78 is 29.1. The molecule has 0 aliphatic heterocycles. The van der Waals surface area contributed by atoms with Gasteiger partial charge in [-0.05, 0) is 42.8 Å². The molecule has 0 fully saturated rings. The lowest BCUT2D eigenvalue weighted by atomic mass is 10.1. The minimum Gasteiger partial charge on any atom is -0.440 e. The van der Waals surface area contributed by atoms with Gasteiger partial charge in [0.1, 0.15) is 5.69 Å². The minimum absolute atomic E-state index is 0.0593. The molecule has 3 N–H and O–H groups in total. The highest BCUT2D eigenvalue weighted by Gasteiger charge is 2.18. The Labute approximate surface area is 163 Å². The summed E-state index contributed by atoms with van der Waals surface area (Å²) in [7, 11) is -3.74. The average molecular weight is 393 g/mol. The van der Waals surface area contributed by atoms with Crippen LogP contribution in [0.15, 0.2) is 82.2 Å². The molecule has 0 radical (unpaired) electrons. The van der Waals surface area contributed by atoms with Gasteiger partial charge in [-0.1, -0.05) is 30.3 Å². The van der Waals surface area contributed by atoms with Gasteiger partial charge in [0.2, 0.25) is 10.0 Å². The molecule has 4 rings (SSSR count). The zero-order valence-corrected chi connectivity index (χ0v) is 15.8. The number of aryl methyl sites for hydroxylation is 2. The highest BCUT2D eigenvalue weighted by Crippen LogP contribution is 2.33. The van der Waals surface area contributed by atoms with Crippen molar-refractivity contribution in [3.63, 3.8) is 0 Å². The first-order valence-electron chi connectivity index (χ1n) is 8.81. The Morgan fingerprint density at radius 2 is 1.64 bits per heavy atom. The number of oxazole rings is 1. The Bertz CT molecular complexity index is 1160. The summed E-state index contributed by atoms with van der Waals surface area (Å²) in [6.07, 6.45) is 3.32. The number of aromatic amines is 1. The van der Waals surface area contributed by atoms with Crippen LogP contribution in [0.2, 0.25) is 0 Å². The van der Waals surface area contributed by atoms with Crippen LogP contribution in [0.5, 0.6) is 0 Å². The molecule has 0 atom stereocenters. The molecule has 2 heterocycles. The van der Waals surface area contributed by atoms with E-state index < -0.39 is 10.0 Å². The number of rotatable bonds is 6. The molecule has 0 aliphatic rings. The molecule has 0 saturated heterocycles. The van der Waals surface area contributed by atoms with Crippen molar-refractivity contribution in [1.82, 2.24) is 9.97 Å². The van der Waals surface area contributed by atoms with Crippen LogP contribution in [-0.2, 0) is 22.9 Å². The summed E-state index contributed by atoms with van der Waals surface area (Å²) in [5.41, 5.74) is 3.51. The first-order chi connectivity index (χ1) is 13.5. The second kappa shape index (κ2) is 7.46. The number of aromatic nitrogens is 2. The second-order valence-corrected chi connectivity index (χ2v) is 7.98. The number of hydrogen-bond acceptors (Lipinski definition) is 4. The molecule has 2 aromatic carbocycles. The highest BCUT2D eigenvalue weighted by molar-refractivity contribution is 7.89. The molecule has 0 spiro atoms. The van der Waals surface area contributed by atoms with Crippen LogP contribution in [0.25, 0.3) is 22.6 Å². The maximum atomic E-state index is 11.5. The summed E-state index contributed by atoms with van der Waals surface area (Å²) >= 11 is 0. The number of primary sulfonamides is 1. The molecule has 142 valence electrons. The van der Waals surface area contributed by atoms with Gasteiger partial charge in [0.15, 0.2) is 11.7 Å². The quantitative estimate of drug-likeness (QED) is 0.520. The lowest BCUT2D eigenvalue weighted by Crippen LogP contribution is -2.11. The maximum Gasteiger partial charge on any atom is 0.238 e. The van der Waals surface area contributed by atoms with Gasteiger partial charge in [-0.25, -0.2) is 18.5 Å². The van der Waals surface area contributed by atoms with Crippen molar-refractivity contribution in [3.8, 4) is 22.6 Å². The first-order valence-corrected chi connectivity index (χ1v) is 10.4. The smallest absolute Gasteiger partial charge is 0.238 e. The first kappa shape index (κ1) is 18.2. The molecule has 0 amide bonds. The van der Waals surface area contributed by atoms with E-state index in [2.05, 4.69) is 4.98 Å². The fraction of sp³-hybridized carbons (Fsp3) is 0.0952. The van der Waals surface area contributed by atoms with E-state index in [-0.39, 0.29) is 4.90 Å². The van der Waals surface area contributed by atoms with Gasteiger partial charge in [-0.3, -0.25) is 0 Å². The fourth-order valence-electron chi connectivity index (χ4n) is 3.02. The summed E-state index contributed by atoms with van der Waals surface area (Å²) in [6.45, 7) is 0. The molecule has 0 bridgehead atoms. The minimum atomic E-state index is -3.74. The van der Waals surface area contributed by atoms with Crippen molar-refractivity contribution in [2.45, 2.75) is 17.7 Å². The molecule has 7 heteroatoms. The van der Waals surface area contributed by atoms with Gasteiger partial charge in [0, 0.05) is 29.4 Å². The zero-order chi connectivity index (χ0) is 19.6. The highest BCUT2D eigenvalue weighted by atomic mass is 32.2. The average Bonchev–Trinajstić information content (AvgIpc) is 3.36. The number of nitrogens with two attached hydrogens (primary N) is 1. The van der Waals surface area contributed by atoms with Crippen molar-refractivity contribution in [2.75, 3.05) is 0 Å². The van der Waals surface area contributed by atoms with Crippen LogP contribution in [0.4, 0.5) is 0 Å². The Morgan fingerprint density at radius 1 is 0.893 bits per heavy atom. The van der Waals surface area contributed by atoms with Gasteiger partial charge in [-0.2, -0.15) is 0 Å². The van der Waals surface area contributed by atoms with E-state index in [0.717, 1.165) is 28.9 Å². The third-order valence-electron chi connectivity index (χ3n) is 4.43. The van der Waals surface area contributed by atoms with Crippen molar-refractivity contribution in [3.05, 3.63) is 84.5 Å². The summed E-state index contributed by atoms with van der Waals surface area (Å²) in [4.78, 5) is 7.94. The van der Waals surface area contributed by atoms with Crippen LogP contribution in [-0.4, -0.2) is 18.4 Å². The molecule has 6 nitrogen and oxygen atoms in total. The van der Waals surface area contributed by atoms with E-state index in [1.807, 2.05) is 48.7 Å². The number of H-pyrrole nitrogens is 1. The van der Waals surface area contributed by atoms with E-state index in [0.29, 0.717) is 18.1 Å². The van der Waals surface area contributed by atoms with Crippen molar-refractivity contribution in [2.24, 2.45) is 5.14 Å². The van der Waals surface area contributed by atoms with E-state index in [4.69, 9.17) is 14.5 Å².